The Bertz CT molecular complexity index is 994. The van der Waals surface area contributed by atoms with E-state index in [9.17, 15) is 19.5 Å². The molecule has 0 radical (unpaired) electrons. The van der Waals surface area contributed by atoms with Crippen molar-refractivity contribution < 1.29 is 19.4 Å². The lowest BCUT2D eigenvalue weighted by Gasteiger charge is -2.37. The Kier molecular flexibility index (Phi) is 11.3. The number of nitrogens with one attached hydrogen (secondary N) is 2. The van der Waals surface area contributed by atoms with Gasteiger partial charge in [0.2, 0.25) is 5.43 Å². The van der Waals surface area contributed by atoms with E-state index in [0.717, 1.165) is 37.1 Å². The highest BCUT2D eigenvalue weighted by Gasteiger charge is 2.26. The summed E-state index contributed by atoms with van der Waals surface area (Å²) in [5.74, 6) is -0.321. The van der Waals surface area contributed by atoms with Gasteiger partial charge in [-0.2, -0.15) is 0 Å². The van der Waals surface area contributed by atoms with Crippen LogP contribution in [0.3, 0.4) is 0 Å². The largest absolute Gasteiger partial charge is 0.453 e. The second-order valence-electron chi connectivity index (χ2n) is 8.34. The summed E-state index contributed by atoms with van der Waals surface area (Å²) in [6, 6.07) is 9.18. The van der Waals surface area contributed by atoms with Gasteiger partial charge >= 0.3 is 6.09 Å². The molecule has 1 aromatic heterocycles. The van der Waals surface area contributed by atoms with Gasteiger partial charge in [-0.1, -0.05) is 43.7 Å². The van der Waals surface area contributed by atoms with E-state index >= 15 is 0 Å². The molecule has 9 nitrogen and oxygen atoms in total. The van der Waals surface area contributed by atoms with Gasteiger partial charge in [-0.05, 0) is 31.7 Å². The molecule has 2 aromatic rings. The first-order chi connectivity index (χ1) is 16.9. The molecule has 0 spiro atoms. The van der Waals surface area contributed by atoms with Crippen molar-refractivity contribution in [2.75, 3.05) is 38.2 Å². The van der Waals surface area contributed by atoms with Gasteiger partial charge in [0.1, 0.15) is 11.4 Å². The van der Waals surface area contributed by atoms with E-state index in [1.807, 2.05) is 45.0 Å². The Morgan fingerprint density at radius 1 is 1.11 bits per heavy atom. The molecule has 2 aliphatic heterocycles. The number of amides is 2. The Balaban J connectivity index is 0.000000302. The van der Waals surface area contributed by atoms with Crippen molar-refractivity contribution >= 4 is 17.7 Å². The van der Waals surface area contributed by atoms with Crippen LogP contribution in [0.15, 0.2) is 41.3 Å². The van der Waals surface area contributed by atoms with E-state index in [-0.39, 0.29) is 29.2 Å². The molecular formula is C26H38N4O5. The number of aryl methyl sites for hydroxylation is 1. The fourth-order valence-electron chi connectivity index (χ4n) is 3.68. The zero-order chi connectivity index (χ0) is 25.8. The summed E-state index contributed by atoms with van der Waals surface area (Å²) in [6.45, 7) is 9.04. The number of aliphatic hydroxyl groups excluding tert-OH is 1. The summed E-state index contributed by atoms with van der Waals surface area (Å²) < 4.78 is 4.58. The van der Waals surface area contributed by atoms with Crippen LogP contribution in [0, 0.1) is 6.92 Å². The normalized spacial score (nSPS) is 15.0. The van der Waals surface area contributed by atoms with Crippen molar-refractivity contribution in [3.05, 3.63) is 63.6 Å². The van der Waals surface area contributed by atoms with Crippen LogP contribution >= 0.6 is 0 Å². The number of anilines is 1. The highest BCUT2D eigenvalue weighted by molar-refractivity contribution is 5.92. The van der Waals surface area contributed by atoms with Crippen LogP contribution in [0.4, 0.5) is 10.5 Å². The lowest BCUT2D eigenvalue weighted by molar-refractivity contribution is 0.0945. The lowest BCUT2D eigenvalue weighted by Crippen LogP contribution is -2.52. The number of carbonyl (C=O) groups excluding carboxylic acids is 2. The Morgan fingerprint density at radius 2 is 1.74 bits per heavy atom. The number of pyridine rings is 1. The summed E-state index contributed by atoms with van der Waals surface area (Å²) in [7, 11) is 1.43. The maximum absolute atomic E-state index is 12.1. The summed E-state index contributed by atoms with van der Waals surface area (Å²) in [6.07, 6.45) is 4.44. The lowest BCUT2D eigenvalue weighted by atomic mass is 10.1. The van der Waals surface area contributed by atoms with Gasteiger partial charge < -0.3 is 29.9 Å². The summed E-state index contributed by atoms with van der Waals surface area (Å²) >= 11 is 0. The Labute approximate surface area is 207 Å². The molecular weight excluding hydrogens is 448 g/mol. The second kappa shape index (κ2) is 14.2. The van der Waals surface area contributed by atoms with Crippen molar-refractivity contribution in [1.82, 2.24) is 15.2 Å². The highest BCUT2D eigenvalue weighted by Crippen LogP contribution is 2.16. The minimum absolute atomic E-state index is 0.181. The van der Waals surface area contributed by atoms with E-state index < -0.39 is 0 Å². The molecule has 2 aliphatic rings. The minimum atomic E-state index is -0.383. The van der Waals surface area contributed by atoms with Crippen LogP contribution in [-0.4, -0.2) is 66.4 Å². The summed E-state index contributed by atoms with van der Waals surface area (Å²) in [5.41, 5.74) is 2.64. The molecule has 0 aliphatic carbocycles. The standard InChI is InChI=1S/C17H19N3O3.C7H13NO2.C2H6/c1-11-2-4-12(5-3-11)7-19-17(23)14-6-16(22)15(8-18-14)20-9-13(21)10-20;1-10-7(9)8-5-3-2-4-6-8;1-2/h2-6,8,13,21H,7,9-10H2,1H3,(H,18,22)(H,19,23);2-6H2,1H3;1-2H3. The van der Waals surface area contributed by atoms with Crippen LogP contribution in [-0.2, 0) is 11.3 Å². The number of H-pyrrole nitrogens is 1. The molecule has 0 unspecified atom stereocenters. The van der Waals surface area contributed by atoms with Gasteiger partial charge in [0.15, 0.2) is 0 Å². The molecule has 2 fully saturated rings. The van der Waals surface area contributed by atoms with Crippen LogP contribution in [0.5, 0.6) is 0 Å². The van der Waals surface area contributed by atoms with Crippen LogP contribution in [0.1, 0.15) is 54.7 Å². The number of piperidine rings is 1. The number of nitrogens with zero attached hydrogens (tertiary/aromatic N) is 2. The van der Waals surface area contributed by atoms with Crippen molar-refractivity contribution in [2.24, 2.45) is 0 Å². The first-order valence-electron chi connectivity index (χ1n) is 12.2. The molecule has 1 aromatic carbocycles. The van der Waals surface area contributed by atoms with Crippen LogP contribution in [0.2, 0.25) is 0 Å². The summed E-state index contributed by atoms with van der Waals surface area (Å²) in [4.78, 5) is 41.4. The number of ether oxygens (including phenoxy) is 1. The average Bonchev–Trinajstić information content (AvgIpc) is 2.88. The smallest absolute Gasteiger partial charge is 0.409 e. The molecule has 9 heteroatoms. The molecule has 3 N–H and O–H groups in total. The molecule has 0 bridgehead atoms. The third-order valence-corrected chi connectivity index (χ3v) is 5.70. The van der Waals surface area contributed by atoms with Crippen molar-refractivity contribution in [3.8, 4) is 0 Å². The third-order valence-electron chi connectivity index (χ3n) is 5.70. The average molecular weight is 487 g/mol. The number of aromatic amines is 1. The second-order valence-corrected chi connectivity index (χ2v) is 8.34. The SMILES string of the molecule is CC.COC(=O)N1CCCCC1.Cc1ccc(CNC(=O)c2cc(=O)c(N3CC(O)C3)c[nH]2)cc1. The quantitative estimate of drug-likeness (QED) is 0.612. The number of aromatic nitrogens is 1. The molecule has 0 atom stereocenters. The van der Waals surface area contributed by atoms with Gasteiger partial charge in [0, 0.05) is 45.0 Å². The molecule has 2 saturated heterocycles. The van der Waals surface area contributed by atoms with E-state index in [0.29, 0.717) is 25.3 Å². The van der Waals surface area contributed by atoms with Crippen molar-refractivity contribution in [3.63, 3.8) is 0 Å². The highest BCUT2D eigenvalue weighted by atomic mass is 16.5. The van der Waals surface area contributed by atoms with Gasteiger partial charge in [0.25, 0.3) is 5.91 Å². The van der Waals surface area contributed by atoms with Gasteiger partial charge in [-0.3, -0.25) is 9.59 Å². The van der Waals surface area contributed by atoms with Gasteiger partial charge in [-0.15, -0.1) is 0 Å². The van der Waals surface area contributed by atoms with Crippen molar-refractivity contribution in [2.45, 2.75) is 52.7 Å². The van der Waals surface area contributed by atoms with E-state index in [1.54, 1.807) is 9.80 Å². The first kappa shape index (κ1) is 27.9. The third kappa shape index (κ3) is 8.43. The molecule has 192 valence electrons. The predicted octanol–water partition coefficient (Wildman–Crippen LogP) is 3.06. The first-order valence-corrected chi connectivity index (χ1v) is 12.2. The fourth-order valence-corrected chi connectivity index (χ4v) is 3.68. The van der Waals surface area contributed by atoms with E-state index in [1.165, 1.54) is 25.8 Å². The Morgan fingerprint density at radius 3 is 2.29 bits per heavy atom. The number of β-amino-alcohol motifs (C(OH)–C–C–N with tert-alkyl or cyclic N) is 1. The number of hydrogen-bond donors (Lipinski definition) is 3. The van der Waals surface area contributed by atoms with E-state index in [4.69, 9.17) is 0 Å². The number of methoxy groups -OCH3 is 1. The number of likely N-dealkylation sites (tertiary alicyclic amines) is 1. The summed E-state index contributed by atoms with van der Waals surface area (Å²) in [5, 5.41) is 12.1. The number of aliphatic hydroxyl groups is 1. The van der Waals surface area contributed by atoms with Crippen molar-refractivity contribution in [1.29, 1.82) is 0 Å². The number of hydrogen-bond acceptors (Lipinski definition) is 6. The van der Waals surface area contributed by atoms with Crippen LogP contribution in [0.25, 0.3) is 0 Å². The van der Waals surface area contributed by atoms with Crippen LogP contribution < -0.4 is 15.6 Å². The minimum Gasteiger partial charge on any atom is -0.453 e. The maximum atomic E-state index is 12.1. The van der Waals surface area contributed by atoms with Gasteiger partial charge in [0.05, 0.1) is 13.2 Å². The Hall–Kier alpha value is -3.33. The van der Waals surface area contributed by atoms with E-state index in [2.05, 4.69) is 15.0 Å². The molecule has 0 saturated carbocycles. The topological polar surface area (TPSA) is 115 Å². The molecule has 2 amide bonds. The molecule has 3 heterocycles. The maximum Gasteiger partial charge on any atom is 0.409 e. The monoisotopic (exact) mass is 486 g/mol. The zero-order valence-electron chi connectivity index (χ0n) is 21.2. The molecule has 35 heavy (non-hydrogen) atoms. The number of rotatable bonds is 4. The predicted molar refractivity (Wildman–Crippen MR) is 137 cm³/mol. The number of benzene rings is 1. The molecule has 4 rings (SSSR count). The fraction of sp³-hybridized carbons (Fsp3) is 0.500. The zero-order valence-corrected chi connectivity index (χ0v) is 21.2. The number of carbonyl (C=O) groups is 2. The van der Waals surface area contributed by atoms with Gasteiger partial charge in [-0.25, -0.2) is 4.79 Å².